The van der Waals surface area contributed by atoms with Crippen LogP contribution in [0.4, 0.5) is 0 Å². The summed E-state index contributed by atoms with van der Waals surface area (Å²) in [7, 11) is 1.88. The number of amides is 1. The molecule has 3 aromatic rings. The molecule has 0 saturated carbocycles. The van der Waals surface area contributed by atoms with Gasteiger partial charge in [-0.05, 0) is 24.6 Å². The molecule has 0 radical (unpaired) electrons. The molecule has 1 unspecified atom stereocenters. The predicted octanol–water partition coefficient (Wildman–Crippen LogP) is 2.07. The van der Waals surface area contributed by atoms with Gasteiger partial charge in [0.1, 0.15) is 0 Å². The maximum atomic E-state index is 12.8. The number of nitrogens with zero attached hydrogens (tertiary/aromatic N) is 4. The molecule has 2 N–H and O–H groups in total. The van der Waals surface area contributed by atoms with Crippen molar-refractivity contribution >= 4 is 18.3 Å². The van der Waals surface area contributed by atoms with Gasteiger partial charge in [-0.1, -0.05) is 23.4 Å². The predicted molar refractivity (Wildman–Crippen MR) is 106 cm³/mol. The molecule has 28 heavy (non-hydrogen) atoms. The normalized spacial score (nSPS) is 19.8. The lowest BCUT2D eigenvalue weighted by Gasteiger charge is -2.19. The highest BCUT2D eigenvalue weighted by Crippen LogP contribution is 2.28. The number of hydrogen-bond acceptors (Lipinski definition) is 6. The van der Waals surface area contributed by atoms with Gasteiger partial charge in [0, 0.05) is 37.8 Å². The van der Waals surface area contributed by atoms with Crippen LogP contribution in [0, 0.1) is 5.92 Å². The quantitative estimate of drug-likeness (QED) is 0.678. The third kappa shape index (κ3) is 4.07. The highest BCUT2D eigenvalue weighted by molar-refractivity contribution is 5.85. The van der Waals surface area contributed by atoms with Crippen LogP contribution in [-0.2, 0) is 11.8 Å². The van der Waals surface area contributed by atoms with Crippen LogP contribution >= 0.6 is 12.4 Å². The summed E-state index contributed by atoms with van der Waals surface area (Å²) in [6, 6.07) is 9.23. The maximum Gasteiger partial charge on any atom is 0.257 e. The van der Waals surface area contributed by atoms with Gasteiger partial charge < -0.3 is 15.2 Å². The molecule has 1 saturated heterocycles. The Labute approximate surface area is 169 Å². The zero-order chi connectivity index (χ0) is 18.8. The van der Waals surface area contributed by atoms with E-state index in [1.807, 2.05) is 56.7 Å². The van der Waals surface area contributed by atoms with Gasteiger partial charge in [-0.2, -0.15) is 10.1 Å². The van der Waals surface area contributed by atoms with Crippen LogP contribution in [0.2, 0.25) is 0 Å². The van der Waals surface area contributed by atoms with Crippen LogP contribution in [0.3, 0.4) is 0 Å². The highest BCUT2D eigenvalue weighted by Gasteiger charge is 2.35. The summed E-state index contributed by atoms with van der Waals surface area (Å²) in [5.41, 5.74) is 1.92. The summed E-state index contributed by atoms with van der Waals surface area (Å²) in [5.74, 6) is 0.842. The fourth-order valence-corrected chi connectivity index (χ4v) is 3.43. The first-order valence-electron chi connectivity index (χ1n) is 9.00. The van der Waals surface area contributed by atoms with Crippen molar-refractivity contribution in [1.82, 2.24) is 30.6 Å². The lowest BCUT2D eigenvalue weighted by Crippen LogP contribution is -2.36. The number of rotatable bonds is 5. The molecule has 3 atom stereocenters. The number of aryl methyl sites for hydroxylation is 1. The molecule has 0 bridgehead atoms. The van der Waals surface area contributed by atoms with Gasteiger partial charge in [0.05, 0.1) is 18.2 Å². The molecule has 9 heteroatoms. The lowest BCUT2D eigenvalue weighted by molar-refractivity contribution is -0.125. The van der Waals surface area contributed by atoms with E-state index >= 15 is 0 Å². The van der Waals surface area contributed by atoms with Crippen LogP contribution in [0.1, 0.15) is 30.3 Å². The zero-order valence-corrected chi connectivity index (χ0v) is 16.5. The average Bonchev–Trinajstić information content (AvgIpc) is 3.42. The number of nitrogens with one attached hydrogen (secondary N) is 2. The minimum absolute atomic E-state index is 0. The Morgan fingerprint density at radius 2 is 2.11 bits per heavy atom. The van der Waals surface area contributed by atoms with E-state index in [0.29, 0.717) is 18.3 Å². The van der Waals surface area contributed by atoms with E-state index in [2.05, 4.69) is 25.9 Å². The monoisotopic (exact) mass is 402 g/mol. The number of carbonyl (C=O) groups is 1. The van der Waals surface area contributed by atoms with Crippen molar-refractivity contribution < 1.29 is 9.32 Å². The Bertz CT molecular complexity index is 925. The highest BCUT2D eigenvalue weighted by atomic mass is 35.5. The fourth-order valence-electron chi connectivity index (χ4n) is 3.43. The van der Waals surface area contributed by atoms with Gasteiger partial charge in [-0.3, -0.25) is 9.48 Å². The first-order valence-corrected chi connectivity index (χ1v) is 9.00. The molecule has 0 aliphatic carbocycles. The van der Waals surface area contributed by atoms with Crippen molar-refractivity contribution in [2.24, 2.45) is 13.0 Å². The van der Waals surface area contributed by atoms with Gasteiger partial charge in [0.2, 0.25) is 5.91 Å². The molecule has 148 valence electrons. The molecule has 1 aromatic carbocycles. The maximum absolute atomic E-state index is 12.8. The van der Waals surface area contributed by atoms with Crippen molar-refractivity contribution in [3.63, 3.8) is 0 Å². The third-order valence-electron chi connectivity index (χ3n) is 4.91. The summed E-state index contributed by atoms with van der Waals surface area (Å²) in [6.45, 7) is 3.26. The van der Waals surface area contributed by atoms with E-state index in [1.165, 1.54) is 0 Å². The molecule has 2 aromatic heterocycles. The molecule has 1 aliphatic rings. The van der Waals surface area contributed by atoms with Gasteiger partial charge in [0.15, 0.2) is 5.82 Å². The van der Waals surface area contributed by atoms with Gasteiger partial charge in [0.25, 0.3) is 5.89 Å². The standard InChI is InChI=1S/C19H22N6O2.ClH/c1-12(17-23-19(27-24-17)13-6-4-3-5-7-13)22-18(26)16-10-20-9-15(16)14-8-21-25(2)11-14;/h3-8,11-12,15-16,20H,9-10H2,1-2H3,(H,22,26);1H/t12?,15-,16+;/m1./s1. The number of carbonyl (C=O) groups excluding carboxylic acids is 1. The second-order valence-corrected chi connectivity index (χ2v) is 6.87. The Hall–Kier alpha value is -2.71. The molecular weight excluding hydrogens is 380 g/mol. The van der Waals surface area contributed by atoms with Crippen molar-refractivity contribution in [1.29, 1.82) is 0 Å². The molecule has 3 heterocycles. The van der Waals surface area contributed by atoms with E-state index < -0.39 is 0 Å². The summed E-state index contributed by atoms with van der Waals surface area (Å²) in [5, 5.41) is 14.6. The van der Waals surface area contributed by atoms with Crippen molar-refractivity contribution in [3.8, 4) is 11.5 Å². The Morgan fingerprint density at radius 3 is 2.82 bits per heavy atom. The number of hydrogen-bond donors (Lipinski definition) is 2. The summed E-state index contributed by atoms with van der Waals surface area (Å²) in [6.07, 6.45) is 3.79. The molecule has 0 spiro atoms. The molecule has 1 amide bonds. The molecular formula is C19H23ClN6O2. The second kappa shape index (κ2) is 8.53. The second-order valence-electron chi connectivity index (χ2n) is 6.87. The summed E-state index contributed by atoms with van der Waals surface area (Å²) < 4.78 is 7.10. The number of aromatic nitrogens is 4. The topological polar surface area (TPSA) is 97.9 Å². The molecule has 8 nitrogen and oxygen atoms in total. The molecule has 1 fully saturated rings. The fraction of sp³-hybridized carbons (Fsp3) is 0.368. The van der Waals surface area contributed by atoms with Crippen LogP contribution < -0.4 is 10.6 Å². The average molecular weight is 403 g/mol. The SMILES string of the molecule is CC(NC(=O)[C@H]1CNC[C@@H]1c1cnn(C)c1)c1noc(-c2ccccc2)n1.Cl. The van der Waals surface area contributed by atoms with Crippen molar-refractivity contribution in [3.05, 3.63) is 54.1 Å². The van der Waals surface area contributed by atoms with E-state index in [1.54, 1.807) is 4.68 Å². The van der Waals surface area contributed by atoms with Crippen LogP contribution in [0.25, 0.3) is 11.5 Å². The van der Waals surface area contributed by atoms with Crippen molar-refractivity contribution in [2.45, 2.75) is 18.9 Å². The first-order chi connectivity index (χ1) is 13.1. The number of halogens is 1. The van der Waals surface area contributed by atoms with E-state index in [-0.39, 0.29) is 36.2 Å². The Kier molecular flexibility index (Phi) is 6.11. The number of benzene rings is 1. The van der Waals surface area contributed by atoms with E-state index in [9.17, 15) is 4.79 Å². The van der Waals surface area contributed by atoms with Crippen molar-refractivity contribution in [2.75, 3.05) is 13.1 Å². The minimum Gasteiger partial charge on any atom is -0.346 e. The van der Waals surface area contributed by atoms with E-state index in [0.717, 1.165) is 17.7 Å². The van der Waals surface area contributed by atoms with Crippen LogP contribution in [0.15, 0.2) is 47.2 Å². The van der Waals surface area contributed by atoms with Gasteiger partial charge in [-0.15, -0.1) is 12.4 Å². The van der Waals surface area contributed by atoms with Gasteiger partial charge >= 0.3 is 0 Å². The summed E-state index contributed by atoms with van der Waals surface area (Å²) in [4.78, 5) is 17.3. The first kappa shape index (κ1) is 20.0. The molecule has 1 aliphatic heterocycles. The third-order valence-corrected chi connectivity index (χ3v) is 4.91. The minimum atomic E-state index is -0.339. The van der Waals surface area contributed by atoms with Gasteiger partial charge in [-0.25, -0.2) is 0 Å². The smallest absolute Gasteiger partial charge is 0.257 e. The van der Waals surface area contributed by atoms with Crippen LogP contribution in [-0.4, -0.2) is 38.9 Å². The zero-order valence-electron chi connectivity index (χ0n) is 15.7. The molecule has 4 rings (SSSR count). The Morgan fingerprint density at radius 1 is 1.32 bits per heavy atom. The largest absolute Gasteiger partial charge is 0.346 e. The lowest BCUT2D eigenvalue weighted by atomic mass is 9.90. The van der Waals surface area contributed by atoms with E-state index in [4.69, 9.17) is 4.52 Å². The Balaban J connectivity index is 0.00000225. The van der Waals surface area contributed by atoms with Crippen LogP contribution in [0.5, 0.6) is 0 Å². The summed E-state index contributed by atoms with van der Waals surface area (Å²) >= 11 is 0.